The zero-order valence-electron chi connectivity index (χ0n) is 14.2. The van der Waals surface area contributed by atoms with Crippen molar-refractivity contribution in [2.75, 3.05) is 6.54 Å². The summed E-state index contributed by atoms with van der Waals surface area (Å²) < 4.78 is 28.4. The molecule has 4 rings (SSSR count). The van der Waals surface area contributed by atoms with E-state index in [-0.39, 0.29) is 0 Å². The number of rotatable bonds is 6. The van der Waals surface area contributed by atoms with Crippen LogP contribution in [0.25, 0.3) is 32.3 Å². The molecule has 0 unspecified atom stereocenters. The van der Waals surface area contributed by atoms with Crippen molar-refractivity contribution >= 4 is 42.3 Å². The minimum absolute atomic E-state index is 0.370. The molecule has 0 spiro atoms. The maximum Gasteiger partial charge on any atom is 0.241 e. The summed E-state index contributed by atoms with van der Waals surface area (Å²) in [4.78, 5) is 0.370. The Morgan fingerprint density at radius 1 is 0.800 bits per heavy atom. The highest BCUT2D eigenvalue weighted by Gasteiger charge is 2.19. The lowest BCUT2D eigenvalue weighted by Gasteiger charge is -2.14. The highest BCUT2D eigenvalue weighted by molar-refractivity contribution is 7.89. The van der Waals surface area contributed by atoms with E-state index in [1.165, 1.54) is 0 Å². The van der Waals surface area contributed by atoms with Gasteiger partial charge in [0.2, 0.25) is 10.0 Å². The smallest absolute Gasteiger partial charge is 0.211 e. The van der Waals surface area contributed by atoms with Crippen molar-refractivity contribution in [1.29, 1.82) is 0 Å². The Kier molecular flexibility index (Phi) is 4.10. The van der Waals surface area contributed by atoms with Gasteiger partial charge in [-0.05, 0) is 39.4 Å². The monoisotopic (exact) mass is 351 g/mol. The minimum Gasteiger partial charge on any atom is -0.211 e. The van der Waals surface area contributed by atoms with E-state index in [0.29, 0.717) is 11.4 Å². The normalized spacial score (nSPS) is 12.5. The Morgan fingerprint density at radius 2 is 1.44 bits per heavy atom. The quantitative estimate of drug-likeness (QED) is 0.390. The molecule has 4 aromatic carbocycles. The van der Waals surface area contributed by atoms with Gasteiger partial charge in [0.05, 0.1) is 4.90 Å². The summed E-state index contributed by atoms with van der Waals surface area (Å²) in [5.74, 6) is 0. The van der Waals surface area contributed by atoms with E-state index in [0.717, 1.165) is 51.6 Å². The molecule has 0 aliphatic carbocycles. The molecule has 0 amide bonds. The van der Waals surface area contributed by atoms with Crippen molar-refractivity contribution in [3.8, 4) is 0 Å². The Bertz CT molecular complexity index is 1130. The highest BCUT2D eigenvalue weighted by Crippen LogP contribution is 2.37. The number of unbranched alkanes of at least 4 members (excludes halogenated alkanes) is 2. The lowest BCUT2D eigenvalue weighted by Crippen LogP contribution is -2.25. The second kappa shape index (κ2) is 6.28. The predicted octanol–water partition coefficient (Wildman–Crippen LogP) is 5.05. The first-order valence-electron chi connectivity index (χ1n) is 8.78. The molecular formula is C21H21NO2S. The molecule has 0 aromatic heterocycles. The minimum atomic E-state index is -3.52. The van der Waals surface area contributed by atoms with Crippen LogP contribution in [0.5, 0.6) is 0 Å². The molecule has 25 heavy (non-hydrogen) atoms. The number of nitrogens with one attached hydrogen (secondary N) is 1. The molecular weight excluding hydrogens is 330 g/mol. The fraction of sp³-hybridized carbons (Fsp3) is 0.238. The molecule has 0 radical (unpaired) electrons. The zero-order valence-corrected chi connectivity index (χ0v) is 15.1. The van der Waals surface area contributed by atoms with E-state index in [2.05, 4.69) is 35.9 Å². The summed E-state index contributed by atoms with van der Waals surface area (Å²) in [5, 5.41) is 6.32. The zero-order chi connectivity index (χ0) is 17.4. The van der Waals surface area contributed by atoms with E-state index in [9.17, 15) is 8.42 Å². The van der Waals surface area contributed by atoms with Crippen LogP contribution in [0.3, 0.4) is 0 Å². The van der Waals surface area contributed by atoms with Crippen LogP contribution in [0.4, 0.5) is 0 Å². The van der Waals surface area contributed by atoms with Crippen LogP contribution in [0.15, 0.2) is 59.5 Å². The van der Waals surface area contributed by atoms with Crippen molar-refractivity contribution in [2.24, 2.45) is 0 Å². The molecule has 4 heteroatoms. The molecule has 0 aliphatic rings. The van der Waals surface area contributed by atoms with Gasteiger partial charge in [0.25, 0.3) is 0 Å². The molecule has 0 bridgehead atoms. The largest absolute Gasteiger partial charge is 0.241 e. The molecule has 0 saturated heterocycles. The third-order valence-electron chi connectivity index (χ3n) is 4.85. The Hall–Kier alpha value is -2.17. The third-order valence-corrected chi connectivity index (χ3v) is 6.37. The molecule has 0 atom stereocenters. The first kappa shape index (κ1) is 16.3. The summed E-state index contributed by atoms with van der Waals surface area (Å²) >= 11 is 0. The maximum atomic E-state index is 12.8. The van der Waals surface area contributed by atoms with Crippen LogP contribution in [0.1, 0.15) is 26.2 Å². The summed E-state index contributed by atoms with van der Waals surface area (Å²) in [6.45, 7) is 2.59. The van der Waals surface area contributed by atoms with Gasteiger partial charge >= 0.3 is 0 Å². The van der Waals surface area contributed by atoms with Crippen molar-refractivity contribution < 1.29 is 8.42 Å². The molecule has 0 heterocycles. The lowest BCUT2D eigenvalue weighted by molar-refractivity contribution is 0.577. The average molecular weight is 351 g/mol. The molecule has 0 saturated carbocycles. The first-order chi connectivity index (χ1) is 12.1. The van der Waals surface area contributed by atoms with Crippen molar-refractivity contribution in [3.05, 3.63) is 54.6 Å². The fourth-order valence-corrected chi connectivity index (χ4v) is 4.88. The van der Waals surface area contributed by atoms with Crippen molar-refractivity contribution in [3.63, 3.8) is 0 Å². The van der Waals surface area contributed by atoms with Gasteiger partial charge in [0, 0.05) is 11.9 Å². The standard InChI is InChI=1S/C21H21NO2S/c1-2-3-4-14-22-25(23,24)19-13-11-17-9-8-15-6-5-7-16-10-12-18(19)21(17)20(15)16/h5-13,22H,2-4,14H2,1H3. The van der Waals surface area contributed by atoms with Crippen LogP contribution >= 0.6 is 0 Å². The van der Waals surface area contributed by atoms with E-state index < -0.39 is 10.0 Å². The van der Waals surface area contributed by atoms with Gasteiger partial charge in [-0.1, -0.05) is 68.3 Å². The summed E-state index contributed by atoms with van der Waals surface area (Å²) in [6, 6.07) is 17.9. The number of sulfonamides is 1. The van der Waals surface area contributed by atoms with E-state index in [1.54, 1.807) is 6.07 Å². The second-order valence-electron chi connectivity index (χ2n) is 6.52. The fourth-order valence-electron chi connectivity index (χ4n) is 3.60. The number of hydrogen-bond donors (Lipinski definition) is 1. The van der Waals surface area contributed by atoms with Crippen LogP contribution in [-0.2, 0) is 10.0 Å². The van der Waals surface area contributed by atoms with Crippen LogP contribution in [0.2, 0.25) is 0 Å². The van der Waals surface area contributed by atoms with Gasteiger partial charge in [-0.15, -0.1) is 0 Å². The summed E-state index contributed by atoms with van der Waals surface area (Å²) in [6.07, 6.45) is 2.96. The lowest BCUT2D eigenvalue weighted by atomic mass is 9.94. The number of hydrogen-bond acceptors (Lipinski definition) is 2. The Labute approximate surface area is 148 Å². The van der Waals surface area contributed by atoms with Crippen LogP contribution < -0.4 is 4.72 Å². The van der Waals surface area contributed by atoms with Gasteiger partial charge in [-0.25, -0.2) is 13.1 Å². The molecule has 1 N–H and O–H groups in total. The first-order valence-corrected chi connectivity index (χ1v) is 10.3. The van der Waals surface area contributed by atoms with E-state index >= 15 is 0 Å². The molecule has 3 nitrogen and oxygen atoms in total. The molecule has 0 aliphatic heterocycles. The van der Waals surface area contributed by atoms with Crippen molar-refractivity contribution in [1.82, 2.24) is 4.72 Å². The molecule has 4 aromatic rings. The van der Waals surface area contributed by atoms with Gasteiger partial charge < -0.3 is 0 Å². The van der Waals surface area contributed by atoms with E-state index in [4.69, 9.17) is 0 Å². The second-order valence-corrected chi connectivity index (χ2v) is 8.26. The van der Waals surface area contributed by atoms with Gasteiger partial charge in [-0.3, -0.25) is 0 Å². The molecule has 0 fully saturated rings. The molecule has 128 valence electrons. The van der Waals surface area contributed by atoms with Crippen LogP contribution in [-0.4, -0.2) is 15.0 Å². The van der Waals surface area contributed by atoms with Gasteiger partial charge in [-0.2, -0.15) is 0 Å². The Morgan fingerprint density at radius 3 is 2.16 bits per heavy atom. The van der Waals surface area contributed by atoms with Gasteiger partial charge in [0.1, 0.15) is 0 Å². The average Bonchev–Trinajstić information content (AvgIpc) is 2.63. The maximum absolute atomic E-state index is 12.8. The number of benzene rings is 4. The summed E-state index contributed by atoms with van der Waals surface area (Å²) in [5.41, 5.74) is 0. The SMILES string of the molecule is CCCCCNS(=O)(=O)c1ccc2ccc3cccc4ccc1c2c34. The van der Waals surface area contributed by atoms with Crippen LogP contribution in [0, 0.1) is 0 Å². The highest BCUT2D eigenvalue weighted by atomic mass is 32.2. The van der Waals surface area contributed by atoms with Gasteiger partial charge in [0.15, 0.2) is 0 Å². The third kappa shape index (κ3) is 2.75. The van der Waals surface area contributed by atoms with Crippen molar-refractivity contribution in [2.45, 2.75) is 31.1 Å². The van der Waals surface area contributed by atoms with E-state index in [1.807, 2.05) is 24.3 Å². The summed E-state index contributed by atoms with van der Waals surface area (Å²) in [7, 11) is -3.52. The predicted molar refractivity (Wildman–Crippen MR) is 105 cm³/mol. The Balaban J connectivity index is 1.90. The topological polar surface area (TPSA) is 46.2 Å².